The molecule has 0 aromatic heterocycles. The molecule has 0 saturated heterocycles. The Bertz CT molecular complexity index is 182. The average Bonchev–Trinajstić information content (AvgIpc) is 1.84. The van der Waals surface area contributed by atoms with E-state index in [1.54, 1.807) is 0 Å². The fourth-order valence-corrected chi connectivity index (χ4v) is 2.46. The maximum atomic E-state index is 13.1. The molecule has 0 aliphatic carbocycles. The first kappa shape index (κ1) is 12.3. The highest BCUT2D eigenvalue weighted by Crippen LogP contribution is 2.39. The van der Waals surface area contributed by atoms with Gasteiger partial charge in [0.15, 0.2) is 0 Å². The summed E-state index contributed by atoms with van der Waals surface area (Å²) in [5.41, 5.74) is -1.30. The normalized spacial score (nSPS) is 16.2. The van der Waals surface area contributed by atoms with Crippen molar-refractivity contribution in [2.75, 3.05) is 5.75 Å². The number of hydrogen-bond donors (Lipinski definition) is 0. The van der Waals surface area contributed by atoms with Crippen LogP contribution in [-0.4, -0.2) is 15.9 Å². The van der Waals surface area contributed by atoms with E-state index in [-0.39, 0.29) is 12.2 Å². The number of hydrogen-bond acceptors (Lipinski definition) is 1. The maximum Gasteiger partial charge on any atom is 0.253 e. The Hall–Kier alpha value is 0.300. The van der Waals surface area contributed by atoms with Crippen molar-refractivity contribution < 1.29 is 13.0 Å². The Morgan fingerprint density at radius 2 is 1.83 bits per heavy atom. The van der Waals surface area contributed by atoms with E-state index >= 15 is 0 Å². The van der Waals surface area contributed by atoms with Crippen LogP contribution in [0.4, 0.5) is 8.78 Å². The third-order valence-corrected chi connectivity index (χ3v) is 3.18. The molecular formula is C7H13ClF2OS. The molecule has 1 unspecified atom stereocenters. The zero-order chi connectivity index (χ0) is 9.99. The molecule has 0 amide bonds. The van der Waals surface area contributed by atoms with Gasteiger partial charge in [-0.3, -0.25) is 0 Å². The van der Waals surface area contributed by atoms with Gasteiger partial charge in [0.2, 0.25) is 0 Å². The highest BCUT2D eigenvalue weighted by atomic mass is 35.7. The smallest absolute Gasteiger partial charge is 0.243 e. The van der Waals surface area contributed by atoms with Crippen molar-refractivity contribution in [1.82, 2.24) is 0 Å². The van der Waals surface area contributed by atoms with E-state index in [2.05, 4.69) is 0 Å². The standard InChI is InChI=1S/C7H13ClF2OS/c1-4-7(9,10)6(2,3)5-12(8)11/h4-5H2,1-3H3. The molecule has 74 valence electrons. The summed E-state index contributed by atoms with van der Waals surface area (Å²) in [4.78, 5) is 0. The lowest BCUT2D eigenvalue weighted by molar-refractivity contribution is -0.0964. The van der Waals surface area contributed by atoms with Crippen molar-refractivity contribution in [2.45, 2.75) is 33.1 Å². The summed E-state index contributed by atoms with van der Waals surface area (Å²) in [6.07, 6.45) is -0.256. The SMILES string of the molecule is CCC(F)(F)C(C)(C)CS(=O)Cl. The van der Waals surface area contributed by atoms with Gasteiger partial charge in [0.25, 0.3) is 5.92 Å². The second kappa shape index (κ2) is 4.01. The second-order valence-electron chi connectivity index (χ2n) is 3.38. The second-order valence-corrected chi connectivity index (χ2v) is 5.28. The van der Waals surface area contributed by atoms with Crippen LogP contribution in [0.2, 0.25) is 0 Å². The summed E-state index contributed by atoms with van der Waals surface area (Å²) < 4.78 is 36.8. The first-order chi connectivity index (χ1) is 5.23. The van der Waals surface area contributed by atoms with Gasteiger partial charge in [-0.1, -0.05) is 20.8 Å². The summed E-state index contributed by atoms with van der Waals surface area (Å²) in [7, 11) is 3.47. The van der Waals surface area contributed by atoms with E-state index in [4.69, 9.17) is 10.7 Å². The van der Waals surface area contributed by atoms with E-state index in [1.165, 1.54) is 20.8 Å². The summed E-state index contributed by atoms with van der Waals surface area (Å²) in [5, 5.41) is 0. The molecule has 5 heteroatoms. The molecular weight excluding hydrogens is 206 g/mol. The first-order valence-electron chi connectivity index (χ1n) is 3.65. The molecule has 1 atom stereocenters. The largest absolute Gasteiger partial charge is 0.253 e. The monoisotopic (exact) mass is 218 g/mol. The molecule has 0 aromatic rings. The molecule has 0 aromatic carbocycles. The fraction of sp³-hybridized carbons (Fsp3) is 1.00. The molecule has 0 bridgehead atoms. The zero-order valence-corrected chi connectivity index (χ0v) is 8.94. The Kier molecular flexibility index (Phi) is 4.11. The quantitative estimate of drug-likeness (QED) is 0.663. The molecule has 0 rings (SSSR count). The highest BCUT2D eigenvalue weighted by Gasteiger charge is 2.45. The van der Waals surface area contributed by atoms with Crippen molar-refractivity contribution in [3.8, 4) is 0 Å². The average molecular weight is 219 g/mol. The van der Waals surface area contributed by atoms with Crippen molar-refractivity contribution >= 4 is 20.7 Å². The molecule has 0 aliphatic rings. The van der Waals surface area contributed by atoms with Crippen LogP contribution in [0.1, 0.15) is 27.2 Å². The van der Waals surface area contributed by atoms with Gasteiger partial charge in [-0.2, -0.15) is 0 Å². The summed E-state index contributed by atoms with van der Waals surface area (Å²) in [6, 6.07) is 0. The lowest BCUT2D eigenvalue weighted by Gasteiger charge is -2.31. The van der Waals surface area contributed by atoms with Crippen LogP contribution in [0.3, 0.4) is 0 Å². The number of rotatable bonds is 4. The molecule has 0 radical (unpaired) electrons. The van der Waals surface area contributed by atoms with Crippen molar-refractivity contribution in [3.05, 3.63) is 0 Å². The Morgan fingerprint density at radius 1 is 1.42 bits per heavy atom. The Balaban J connectivity index is 4.48. The molecule has 0 aliphatic heterocycles. The highest BCUT2D eigenvalue weighted by molar-refractivity contribution is 8.08. The van der Waals surface area contributed by atoms with Crippen LogP contribution in [0, 0.1) is 5.41 Å². The molecule has 0 fully saturated rings. The Morgan fingerprint density at radius 3 is 2.08 bits per heavy atom. The van der Waals surface area contributed by atoms with Gasteiger partial charge in [-0.05, 0) is 10.7 Å². The van der Waals surface area contributed by atoms with Crippen molar-refractivity contribution in [2.24, 2.45) is 5.41 Å². The van der Waals surface area contributed by atoms with E-state index in [9.17, 15) is 13.0 Å². The van der Waals surface area contributed by atoms with Crippen LogP contribution < -0.4 is 0 Å². The van der Waals surface area contributed by atoms with Crippen LogP contribution >= 0.6 is 10.7 Å². The molecule has 0 heterocycles. The predicted octanol–water partition coefficient (Wildman–Crippen LogP) is 2.96. The van der Waals surface area contributed by atoms with E-state index in [0.717, 1.165) is 0 Å². The molecule has 12 heavy (non-hydrogen) atoms. The maximum absolute atomic E-state index is 13.1. The summed E-state index contributed by atoms with van der Waals surface area (Å²) >= 11 is 0. The van der Waals surface area contributed by atoms with E-state index in [0.29, 0.717) is 0 Å². The predicted molar refractivity (Wildman–Crippen MR) is 47.9 cm³/mol. The Labute approximate surface area is 78.4 Å². The van der Waals surface area contributed by atoms with Gasteiger partial charge < -0.3 is 0 Å². The van der Waals surface area contributed by atoms with Gasteiger partial charge in [-0.25, -0.2) is 13.0 Å². The minimum Gasteiger partial charge on any atom is -0.243 e. The minimum atomic E-state index is -2.81. The lowest BCUT2D eigenvalue weighted by Crippen LogP contribution is -2.39. The van der Waals surface area contributed by atoms with Crippen LogP contribution in [0.5, 0.6) is 0 Å². The van der Waals surface area contributed by atoms with E-state index < -0.39 is 21.4 Å². The van der Waals surface area contributed by atoms with E-state index in [1.807, 2.05) is 0 Å². The van der Waals surface area contributed by atoms with Crippen LogP contribution in [0.25, 0.3) is 0 Å². The van der Waals surface area contributed by atoms with Crippen molar-refractivity contribution in [1.29, 1.82) is 0 Å². The molecule has 1 nitrogen and oxygen atoms in total. The van der Waals surface area contributed by atoms with Crippen LogP contribution in [-0.2, 0) is 10.0 Å². The third kappa shape index (κ3) is 2.98. The summed E-state index contributed by atoms with van der Waals surface area (Å²) in [5.74, 6) is -2.99. The first-order valence-corrected chi connectivity index (χ1v) is 5.80. The molecule has 0 spiro atoms. The van der Waals surface area contributed by atoms with Crippen molar-refractivity contribution in [3.63, 3.8) is 0 Å². The number of alkyl halides is 2. The minimum absolute atomic E-state index is 0.185. The third-order valence-electron chi connectivity index (χ3n) is 1.91. The van der Waals surface area contributed by atoms with Gasteiger partial charge in [-0.15, -0.1) is 0 Å². The van der Waals surface area contributed by atoms with Gasteiger partial charge >= 0.3 is 0 Å². The van der Waals surface area contributed by atoms with Gasteiger partial charge in [0, 0.05) is 17.6 Å². The molecule has 0 N–H and O–H groups in total. The fourth-order valence-electron chi connectivity index (χ4n) is 0.868. The zero-order valence-electron chi connectivity index (χ0n) is 7.36. The van der Waals surface area contributed by atoms with Gasteiger partial charge in [0.05, 0.1) is 0 Å². The number of halogens is 3. The van der Waals surface area contributed by atoms with Crippen LogP contribution in [0.15, 0.2) is 0 Å². The topological polar surface area (TPSA) is 17.1 Å². The summed E-state index contributed by atoms with van der Waals surface area (Å²) in [6.45, 7) is 4.15. The van der Waals surface area contributed by atoms with Gasteiger partial charge in [0.1, 0.15) is 10.0 Å². The molecule has 0 saturated carbocycles. The lowest BCUT2D eigenvalue weighted by atomic mass is 9.86.